The monoisotopic (exact) mass is 198 g/mol. The van der Waals surface area contributed by atoms with Gasteiger partial charge in [-0.05, 0) is 58.2 Å². The number of hydrogen-bond acceptors (Lipinski definition) is 2. The van der Waals surface area contributed by atoms with Crippen LogP contribution in [0.2, 0.25) is 0 Å². The molecule has 2 nitrogen and oxygen atoms in total. The van der Waals surface area contributed by atoms with Gasteiger partial charge in [0.25, 0.3) is 0 Å². The second-order valence-corrected chi connectivity index (χ2v) is 5.41. The van der Waals surface area contributed by atoms with E-state index in [1.165, 1.54) is 19.4 Å². The maximum atomic E-state index is 3.69. The van der Waals surface area contributed by atoms with E-state index >= 15 is 0 Å². The van der Waals surface area contributed by atoms with E-state index < -0.39 is 0 Å². The van der Waals surface area contributed by atoms with Crippen LogP contribution in [0, 0.1) is 17.8 Å². The first-order chi connectivity index (χ1) is 6.53. The molecule has 1 heterocycles. The Morgan fingerprint density at radius 1 is 1.29 bits per heavy atom. The molecule has 3 atom stereocenters. The van der Waals surface area contributed by atoms with Gasteiger partial charge in [-0.1, -0.05) is 13.8 Å². The van der Waals surface area contributed by atoms with Gasteiger partial charge in [-0.3, -0.25) is 0 Å². The first kappa shape index (κ1) is 12.0. The van der Waals surface area contributed by atoms with E-state index in [1.54, 1.807) is 0 Å². The van der Waals surface area contributed by atoms with Crippen LogP contribution in [0.3, 0.4) is 0 Å². The Balaban J connectivity index is 0.000000293. The zero-order valence-electron chi connectivity index (χ0n) is 10.4. The summed E-state index contributed by atoms with van der Waals surface area (Å²) >= 11 is 0. The molecule has 0 aromatic heterocycles. The van der Waals surface area contributed by atoms with Gasteiger partial charge < -0.3 is 10.6 Å². The average Bonchev–Trinajstić information content (AvgIpc) is 2.83. The second-order valence-electron chi connectivity index (χ2n) is 5.41. The molecule has 14 heavy (non-hydrogen) atoms. The zero-order valence-corrected chi connectivity index (χ0v) is 10.4. The number of piperidine rings is 1. The fourth-order valence-electron chi connectivity index (χ4n) is 2.23. The molecule has 2 heteroatoms. The highest BCUT2D eigenvalue weighted by Gasteiger charge is 2.47. The van der Waals surface area contributed by atoms with Crippen molar-refractivity contribution in [3.05, 3.63) is 0 Å². The third kappa shape index (κ3) is 2.71. The van der Waals surface area contributed by atoms with Crippen LogP contribution in [0.15, 0.2) is 0 Å². The van der Waals surface area contributed by atoms with Crippen molar-refractivity contribution in [1.82, 2.24) is 10.6 Å². The van der Waals surface area contributed by atoms with Crippen molar-refractivity contribution in [1.29, 1.82) is 0 Å². The minimum atomic E-state index is 0.442. The maximum absolute atomic E-state index is 3.69. The number of hydrogen-bond donors (Lipinski definition) is 2. The van der Waals surface area contributed by atoms with E-state index in [0.717, 1.165) is 17.8 Å². The van der Waals surface area contributed by atoms with E-state index in [9.17, 15) is 0 Å². The maximum Gasteiger partial charge on any atom is 0.0179 e. The number of rotatable bonds is 1. The Hall–Kier alpha value is -0.0800. The van der Waals surface area contributed by atoms with Gasteiger partial charge in [-0.25, -0.2) is 0 Å². The SMILES string of the molecule is CC(C)C1(C)CC2CC2CN1.CNC. The fraction of sp³-hybridized carbons (Fsp3) is 1.00. The third-order valence-corrected chi connectivity index (χ3v) is 3.80. The third-order valence-electron chi connectivity index (χ3n) is 3.80. The molecule has 0 amide bonds. The molecule has 1 saturated heterocycles. The van der Waals surface area contributed by atoms with Crippen LogP contribution < -0.4 is 10.6 Å². The Kier molecular flexibility index (Phi) is 3.96. The first-order valence-corrected chi connectivity index (χ1v) is 5.87. The summed E-state index contributed by atoms with van der Waals surface area (Å²) in [5.74, 6) is 2.90. The predicted octanol–water partition coefficient (Wildman–Crippen LogP) is 1.87. The van der Waals surface area contributed by atoms with Gasteiger partial charge in [0.1, 0.15) is 0 Å². The summed E-state index contributed by atoms with van der Waals surface area (Å²) in [4.78, 5) is 0. The van der Waals surface area contributed by atoms with Crippen molar-refractivity contribution >= 4 is 0 Å². The Morgan fingerprint density at radius 3 is 2.29 bits per heavy atom. The lowest BCUT2D eigenvalue weighted by Gasteiger charge is -2.38. The molecular weight excluding hydrogens is 172 g/mol. The quantitative estimate of drug-likeness (QED) is 0.672. The molecule has 84 valence electrons. The summed E-state index contributed by atoms with van der Waals surface area (Å²) in [6, 6.07) is 0. The molecule has 1 aliphatic carbocycles. The molecule has 0 radical (unpaired) electrons. The largest absolute Gasteiger partial charge is 0.323 e. The highest BCUT2D eigenvalue weighted by atomic mass is 15.0. The summed E-state index contributed by atoms with van der Waals surface area (Å²) in [7, 11) is 3.75. The average molecular weight is 198 g/mol. The molecule has 2 fully saturated rings. The van der Waals surface area contributed by atoms with E-state index in [4.69, 9.17) is 0 Å². The van der Waals surface area contributed by atoms with Crippen molar-refractivity contribution in [3.63, 3.8) is 0 Å². The smallest absolute Gasteiger partial charge is 0.0179 e. The van der Waals surface area contributed by atoms with E-state index in [0.29, 0.717) is 5.54 Å². The van der Waals surface area contributed by atoms with Gasteiger partial charge in [-0.15, -0.1) is 0 Å². The van der Waals surface area contributed by atoms with Crippen molar-refractivity contribution in [3.8, 4) is 0 Å². The van der Waals surface area contributed by atoms with Crippen molar-refractivity contribution < 1.29 is 0 Å². The zero-order chi connectivity index (χ0) is 10.8. The summed E-state index contributed by atoms with van der Waals surface area (Å²) < 4.78 is 0. The Bertz CT molecular complexity index is 179. The topological polar surface area (TPSA) is 24.1 Å². The number of nitrogens with one attached hydrogen (secondary N) is 2. The summed E-state index contributed by atoms with van der Waals surface area (Å²) in [5, 5.41) is 6.44. The Morgan fingerprint density at radius 2 is 1.86 bits per heavy atom. The van der Waals surface area contributed by atoms with Crippen LogP contribution in [-0.2, 0) is 0 Å². The molecule has 0 bridgehead atoms. The van der Waals surface area contributed by atoms with Crippen LogP contribution >= 0.6 is 0 Å². The van der Waals surface area contributed by atoms with Crippen LogP contribution in [0.1, 0.15) is 33.6 Å². The standard InChI is InChI=1S/C10H19N.C2H7N/c1-7(2)10(3)5-8-4-9(8)6-11-10;1-3-2/h7-9,11H,4-6H2,1-3H3;3H,1-2H3. The molecule has 3 unspecified atom stereocenters. The highest BCUT2D eigenvalue weighted by Crippen LogP contribution is 2.48. The van der Waals surface area contributed by atoms with Crippen LogP contribution in [-0.4, -0.2) is 26.2 Å². The normalized spacial score (nSPS) is 39.9. The minimum Gasteiger partial charge on any atom is -0.323 e. The lowest BCUT2D eigenvalue weighted by atomic mass is 9.81. The molecule has 0 spiro atoms. The molecule has 2 N–H and O–H groups in total. The molecular formula is C12H26N2. The lowest BCUT2D eigenvalue weighted by Crippen LogP contribution is -2.50. The predicted molar refractivity (Wildman–Crippen MR) is 62.4 cm³/mol. The van der Waals surface area contributed by atoms with Crippen LogP contribution in [0.25, 0.3) is 0 Å². The van der Waals surface area contributed by atoms with Crippen molar-refractivity contribution in [2.45, 2.75) is 39.2 Å². The Labute approximate surface area is 88.8 Å². The highest BCUT2D eigenvalue weighted by molar-refractivity contribution is 5.02. The van der Waals surface area contributed by atoms with Gasteiger partial charge in [0.05, 0.1) is 0 Å². The summed E-state index contributed by atoms with van der Waals surface area (Å²) in [6.07, 6.45) is 2.91. The molecule has 1 aliphatic heterocycles. The lowest BCUT2D eigenvalue weighted by molar-refractivity contribution is 0.198. The molecule has 0 aromatic rings. The van der Waals surface area contributed by atoms with Gasteiger partial charge in [0, 0.05) is 5.54 Å². The summed E-state index contributed by atoms with van der Waals surface area (Å²) in [6.45, 7) is 8.32. The fourth-order valence-corrected chi connectivity index (χ4v) is 2.23. The molecule has 1 saturated carbocycles. The number of fused-ring (bicyclic) bond motifs is 1. The van der Waals surface area contributed by atoms with E-state index in [1.807, 2.05) is 14.1 Å². The second kappa shape index (κ2) is 4.63. The van der Waals surface area contributed by atoms with Gasteiger partial charge in [-0.2, -0.15) is 0 Å². The van der Waals surface area contributed by atoms with Gasteiger partial charge >= 0.3 is 0 Å². The molecule has 0 aromatic carbocycles. The van der Waals surface area contributed by atoms with Gasteiger partial charge in [0.2, 0.25) is 0 Å². The van der Waals surface area contributed by atoms with Crippen LogP contribution in [0.5, 0.6) is 0 Å². The van der Waals surface area contributed by atoms with Crippen molar-refractivity contribution in [2.75, 3.05) is 20.6 Å². The minimum absolute atomic E-state index is 0.442. The van der Waals surface area contributed by atoms with Gasteiger partial charge in [0.15, 0.2) is 0 Å². The van der Waals surface area contributed by atoms with Crippen LogP contribution in [0.4, 0.5) is 0 Å². The van der Waals surface area contributed by atoms with Crippen molar-refractivity contribution in [2.24, 2.45) is 17.8 Å². The molecule has 2 aliphatic rings. The van der Waals surface area contributed by atoms with E-state index in [2.05, 4.69) is 31.4 Å². The summed E-state index contributed by atoms with van der Waals surface area (Å²) in [5.41, 5.74) is 0.442. The first-order valence-electron chi connectivity index (χ1n) is 5.87. The van der Waals surface area contributed by atoms with E-state index in [-0.39, 0.29) is 0 Å². The molecule has 2 rings (SSSR count).